The molecule has 168 valence electrons. The highest BCUT2D eigenvalue weighted by molar-refractivity contribution is 5.95. The van der Waals surface area contributed by atoms with E-state index in [-0.39, 0.29) is 5.91 Å². The van der Waals surface area contributed by atoms with Crippen LogP contribution in [0.3, 0.4) is 0 Å². The molecule has 2 aromatic heterocycles. The van der Waals surface area contributed by atoms with Gasteiger partial charge in [-0.15, -0.1) is 0 Å². The molecule has 3 fully saturated rings. The number of rotatable bonds is 4. The van der Waals surface area contributed by atoms with Crippen molar-refractivity contribution in [1.29, 1.82) is 5.26 Å². The molecule has 1 aliphatic carbocycles. The van der Waals surface area contributed by atoms with Crippen molar-refractivity contribution >= 4 is 28.4 Å². The maximum absolute atomic E-state index is 12.4. The van der Waals surface area contributed by atoms with Gasteiger partial charge in [0.2, 0.25) is 0 Å². The van der Waals surface area contributed by atoms with Crippen molar-refractivity contribution in [3.63, 3.8) is 0 Å². The molecular weight excluding hydrogens is 412 g/mol. The number of amides is 1. The monoisotopic (exact) mass is 440 g/mol. The highest BCUT2D eigenvalue weighted by atomic mass is 16.2. The molecule has 4 heterocycles. The Morgan fingerprint density at radius 2 is 1.64 bits per heavy atom. The van der Waals surface area contributed by atoms with Crippen molar-refractivity contribution in [2.75, 3.05) is 49.1 Å². The van der Waals surface area contributed by atoms with E-state index < -0.39 is 0 Å². The molecule has 0 bridgehead atoms. The second-order valence-electron chi connectivity index (χ2n) is 9.35. The molecule has 0 unspecified atom stereocenters. The molecule has 0 atom stereocenters. The molecule has 6 rings (SSSR count). The average Bonchev–Trinajstić information content (AvgIpc) is 3.14. The van der Waals surface area contributed by atoms with Crippen LogP contribution >= 0.6 is 0 Å². The van der Waals surface area contributed by atoms with Crippen LogP contribution in [-0.4, -0.2) is 59.6 Å². The number of anilines is 2. The van der Waals surface area contributed by atoms with E-state index in [2.05, 4.69) is 44.7 Å². The van der Waals surface area contributed by atoms with Gasteiger partial charge < -0.3 is 19.3 Å². The summed E-state index contributed by atoms with van der Waals surface area (Å²) in [6, 6.07) is 15.0. The van der Waals surface area contributed by atoms with E-state index in [1.807, 2.05) is 23.2 Å². The molecule has 0 radical (unpaired) electrons. The number of carbonyl (C=O) groups is 1. The highest BCUT2D eigenvalue weighted by Gasteiger charge is 2.25. The van der Waals surface area contributed by atoms with Gasteiger partial charge in [-0.3, -0.25) is 4.79 Å². The topological polar surface area (TPSA) is 68.4 Å². The maximum atomic E-state index is 12.4. The molecule has 0 N–H and O–H groups in total. The predicted molar refractivity (Wildman–Crippen MR) is 129 cm³/mol. The van der Waals surface area contributed by atoms with Crippen molar-refractivity contribution < 1.29 is 4.79 Å². The van der Waals surface area contributed by atoms with Crippen LogP contribution in [-0.2, 0) is 0 Å². The first-order valence-corrected chi connectivity index (χ1v) is 12.0. The molecule has 1 amide bonds. The van der Waals surface area contributed by atoms with E-state index in [9.17, 15) is 10.1 Å². The van der Waals surface area contributed by atoms with Crippen LogP contribution in [0.2, 0.25) is 0 Å². The van der Waals surface area contributed by atoms with Crippen LogP contribution < -0.4 is 9.80 Å². The molecular formula is C26H28N6O. The lowest BCUT2D eigenvalue weighted by Gasteiger charge is -2.37. The molecule has 3 aromatic rings. The fraction of sp³-hybridized carbons (Fsp3) is 0.423. The fourth-order valence-corrected chi connectivity index (χ4v) is 5.03. The summed E-state index contributed by atoms with van der Waals surface area (Å²) in [6.45, 7) is 5.36. The van der Waals surface area contributed by atoms with Gasteiger partial charge in [-0.1, -0.05) is 0 Å². The van der Waals surface area contributed by atoms with Gasteiger partial charge in [0.15, 0.2) is 0 Å². The van der Waals surface area contributed by atoms with E-state index in [1.54, 1.807) is 0 Å². The Morgan fingerprint density at radius 3 is 2.24 bits per heavy atom. The fourth-order valence-electron chi connectivity index (χ4n) is 5.03. The first-order chi connectivity index (χ1) is 16.2. The van der Waals surface area contributed by atoms with Crippen LogP contribution in [0, 0.1) is 11.3 Å². The first kappa shape index (κ1) is 20.1. The smallest absolute Gasteiger partial charge is 0.253 e. The Labute approximate surface area is 193 Å². The van der Waals surface area contributed by atoms with Crippen LogP contribution in [0.4, 0.5) is 11.5 Å². The van der Waals surface area contributed by atoms with Crippen LogP contribution in [0.5, 0.6) is 0 Å². The number of aromatic nitrogens is 2. The standard InChI is InChI=1S/C26H28N6O/c27-17-20-18-32(22-3-1-4-22)25-23(20)9-10-24(28-25)30-15-13-29(14-16-30)21-7-5-19(6-8-21)26(33)31-11-2-12-31/h5-10,18,22H,1-4,11-16H2. The normalized spacial score (nSPS) is 18.7. The number of hydrogen-bond donors (Lipinski definition) is 0. The molecule has 33 heavy (non-hydrogen) atoms. The molecule has 7 nitrogen and oxygen atoms in total. The van der Waals surface area contributed by atoms with Gasteiger partial charge in [-0.25, -0.2) is 4.98 Å². The summed E-state index contributed by atoms with van der Waals surface area (Å²) in [7, 11) is 0. The third-order valence-corrected chi connectivity index (χ3v) is 7.48. The van der Waals surface area contributed by atoms with Crippen LogP contribution in [0.25, 0.3) is 11.0 Å². The number of nitrogens with zero attached hydrogens (tertiary/aromatic N) is 6. The van der Waals surface area contributed by atoms with Crippen LogP contribution in [0.1, 0.15) is 47.6 Å². The van der Waals surface area contributed by atoms with Crippen molar-refractivity contribution in [3.8, 4) is 6.07 Å². The molecule has 2 aliphatic heterocycles. The molecule has 1 saturated carbocycles. The number of carbonyl (C=O) groups excluding carboxylic acids is 1. The summed E-state index contributed by atoms with van der Waals surface area (Å²) in [5, 5.41) is 10.5. The maximum Gasteiger partial charge on any atom is 0.253 e. The van der Waals surface area contributed by atoms with E-state index >= 15 is 0 Å². The second kappa shape index (κ2) is 8.11. The molecule has 3 aliphatic rings. The SMILES string of the molecule is N#Cc1cn(C2CCC2)c2nc(N3CCN(c4ccc(C(=O)N5CCC5)cc4)CC3)ccc12. The van der Waals surface area contributed by atoms with Crippen LogP contribution in [0.15, 0.2) is 42.6 Å². The van der Waals surface area contributed by atoms with Gasteiger partial charge in [-0.2, -0.15) is 5.26 Å². The number of nitriles is 1. The third kappa shape index (κ3) is 3.50. The molecule has 1 aromatic carbocycles. The second-order valence-corrected chi connectivity index (χ2v) is 9.35. The Kier molecular flexibility index (Phi) is 4.94. The number of fused-ring (bicyclic) bond motifs is 1. The number of piperazine rings is 1. The quantitative estimate of drug-likeness (QED) is 0.617. The Balaban J connectivity index is 1.16. The lowest BCUT2D eigenvalue weighted by atomic mass is 9.93. The Hall–Kier alpha value is -3.53. The zero-order chi connectivity index (χ0) is 22.4. The molecule has 0 spiro atoms. The van der Waals surface area contributed by atoms with Gasteiger partial charge in [0.1, 0.15) is 17.5 Å². The summed E-state index contributed by atoms with van der Waals surface area (Å²) in [5.41, 5.74) is 3.60. The van der Waals surface area contributed by atoms with E-state index in [4.69, 9.17) is 4.98 Å². The van der Waals surface area contributed by atoms with Crippen molar-refractivity contribution in [3.05, 3.63) is 53.7 Å². The minimum atomic E-state index is 0.144. The lowest BCUT2D eigenvalue weighted by molar-refractivity contribution is 0.0652. The number of likely N-dealkylation sites (tertiary alicyclic amines) is 1. The van der Waals surface area contributed by atoms with E-state index in [0.29, 0.717) is 6.04 Å². The van der Waals surface area contributed by atoms with Gasteiger partial charge in [0.25, 0.3) is 5.91 Å². The Bertz CT molecular complexity index is 1220. The summed E-state index contributed by atoms with van der Waals surface area (Å²) >= 11 is 0. The summed E-state index contributed by atoms with van der Waals surface area (Å²) in [5.74, 6) is 1.13. The summed E-state index contributed by atoms with van der Waals surface area (Å²) < 4.78 is 2.22. The minimum Gasteiger partial charge on any atom is -0.368 e. The Morgan fingerprint density at radius 1 is 0.909 bits per heavy atom. The van der Waals surface area contributed by atoms with Crippen molar-refractivity contribution in [1.82, 2.24) is 14.5 Å². The van der Waals surface area contributed by atoms with Gasteiger partial charge in [0, 0.05) is 68.1 Å². The number of benzene rings is 1. The molecule has 2 saturated heterocycles. The van der Waals surface area contributed by atoms with Gasteiger partial charge >= 0.3 is 0 Å². The van der Waals surface area contributed by atoms with E-state index in [0.717, 1.165) is 79.4 Å². The third-order valence-electron chi connectivity index (χ3n) is 7.48. The zero-order valence-corrected chi connectivity index (χ0v) is 18.8. The van der Waals surface area contributed by atoms with Gasteiger partial charge in [-0.05, 0) is 62.1 Å². The van der Waals surface area contributed by atoms with Crippen molar-refractivity contribution in [2.45, 2.75) is 31.7 Å². The van der Waals surface area contributed by atoms with E-state index in [1.165, 1.54) is 19.3 Å². The predicted octanol–water partition coefficient (Wildman–Crippen LogP) is 3.81. The average molecular weight is 441 g/mol. The minimum absolute atomic E-state index is 0.144. The number of pyridine rings is 1. The lowest BCUT2D eigenvalue weighted by Crippen LogP contribution is -2.46. The summed E-state index contributed by atoms with van der Waals surface area (Å²) in [4.78, 5) is 24.0. The zero-order valence-electron chi connectivity index (χ0n) is 18.8. The largest absolute Gasteiger partial charge is 0.368 e. The van der Waals surface area contributed by atoms with Gasteiger partial charge in [0.05, 0.1) is 5.56 Å². The first-order valence-electron chi connectivity index (χ1n) is 12.0. The number of hydrogen-bond acceptors (Lipinski definition) is 5. The summed E-state index contributed by atoms with van der Waals surface area (Å²) in [6.07, 6.45) is 6.69. The van der Waals surface area contributed by atoms with Crippen molar-refractivity contribution in [2.24, 2.45) is 0 Å². The molecule has 7 heteroatoms. The highest BCUT2D eigenvalue weighted by Crippen LogP contribution is 2.36.